The number of carbonyl (C=O) groups is 1. The molecule has 1 N–H and O–H groups in total. The Morgan fingerprint density at radius 3 is 2.78 bits per heavy atom. The summed E-state index contributed by atoms with van der Waals surface area (Å²) in [5.41, 5.74) is 0.661. The summed E-state index contributed by atoms with van der Waals surface area (Å²) < 4.78 is 20.0. The SMILES string of the molecule is Cc1nc2c(=O)n(CC(=O)Nc3ccc(F)cc3)nc(-c3ccco3)c2s1. The van der Waals surface area contributed by atoms with E-state index in [4.69, 9.17) is 4.42 Å². The molecule has 0 atom stereocenters. The summed E-state index contributed by atoms with van der Waals surface area (Å²) in [5, 5.41) is 7.63. The Morgan fingerprint density at radius 2 is 2.07 bits per heavy atom. The molecule has 0 saturated carbocycles. The number of carbonyl (C=O) groups excluding carboxylic acids is 1. The summed E-state index contributed by atoms with van der Waals surface area (Å²) in [6.45, 7) is 1.48. The molecule has 0 unspecified atom stereocenters. The number of benzene rings is 1. The third kappa shape index (κ3) is 3.36. The highest BCUT2D eigenvalue weighted by Gasteiger charge is 2.19. The van der Waals surface area contributed by atoms with E-state index in [0.717, 1.165) is 4.68 Å². The van der Waals surface area contributed by atoms with Crippen LogP contribution in [0.3, 0.4) is 0 Å². The standard InChI is InChI=1S/C18H13FN4O3S/c1-10-20-16-17(27-10)15(13-3-2-8-26-13)22-23(18(16)25)9-14(24)21-12-6-4-11(19)5-7-12/h2-8H,9H2,1H3,(H,21,24). The van der Waals surface area contributed by atoms with Crippen molar-refractivity contribution >= 4 is 33.1 Å². The van der Waals surface area contributed by atoms with Crippen LogP contribution in [0.1, 0.15) is 5.01 Å². The highest BCUT2D eigenvalue weighted by molar-refractivity contribution is 7.19. The van der Waals surface area contributed by atoms with Crippen LogP contribution in [0.2, 0.25) is 0 Å². The van der Waals surface area contributed by atoms with Crippen LogP contribution in [0.4, 0.5) is 10.1 Å². The molecule has 0 aliphatic rings. The topological polar surface area (TPSA) is 90.0 Å². The predicted molar refractivity (Wildman–Crippen MR) is 99.1 cm³/mol. The molecule has 3 aromatic heterocycles. The zero-order chi connectivity index (χ0) is 19.0. The fourth-order valence-corrected chi connectivity index (χ4v) is 3.52. The van der Waals surface area contributed by atoms with Crippen molar-refractivity contribution in [3.05, 3.63) is 63.8 Å². The maximum Gasteiger partial charge on any atom is 0.294 e. The number of aromatic nitrogens is 3. The molecule has 1 aromatic carbocycles. The van der Waals surface area contributed by atoms with Gasteiger partial charge in [0.2, 0.25) is 5.91 Å². The van der Waals surface area contributed by atoms with Crippen molar-refractivity contribution in [1.29, 1.82) is 0 Å². The van der Waals surface area contributed by atoms with Gasteiger partial charge in [-0.15, -0.1) is 11.3 Å². The van der Waals surface area contributed by atoms with Crippen LogP contribution in [-0.2, 0) is 11.3 Å². The summed E-state index contributed by atoms with van der Waals surface area (Å²) in [5.74, 6) is -0.387. The van der Waals surface area contributed by atoms with Crippen LogP contribution in [0.5, 0.6) is 0 Å². The number of anilines is 1. The molecule has 4 aromatic rings. The second-order valence-corrected chi connectivity index (χ2v) is 6.96. The van der Waals surface area contributed by atoms with E-state index >= 15 is 0 Å². The number of fused-ring (bicyclic) bond motifs is 1. The zero-order valence-electron chi connectivity index (χ0n) is 14.1. The summed E-state index contributed by atoms with van der Waals surface area (Å²) in [6.07, 6.45) is 1.51. The Morgan fingerprint density at radius 1 is 1.30 bits per heavy atom. The lowest BCUT2D eigenvalue weighted by atomic mass is 10.3. The van der Waals surface area contributed by atoms with E-state index < -0.39 is 17.3 Å². The van der Waals surface area contributed by atoms with Crippen molar-refractivity contribution < 1.29 is 13.6 Å². The molecule has 0 aliphatic heterocycles. The van der Waals surface area contributed by atoms with Crippen molar-refractivity contribution in [3.8, 4) is 11.5 Å². The van der Waals surface area contributed by atoms with Gasteiger partial charge in [0.15, 0.2) is 11.3 Å². The second kappa shape index (κ2) is 6.76. The molecule has 136 valence electrons. The fourth-order valence-electron chi connectivity index (χ4n) is 2.62. The fraction of sp³-hybridized carbons (Fsp3) is 0.111. The van der Waals surface area contributed by atoms with Crippen LogP contribution in [0, 0.1) is 12.7 Å². The van der Waals surface area contributed by atoms with Crippen molar-refractivity contribution in [1.82, 2.24) is 14.8 Å². The molecule has 0 spiro atoms. The van der Waals surface area contributed by atoms with Crippen LogP contribution in [-0.4, -0.2) is 20.7 Å². The number of nitrogens with one attached hydrogen (secondary N) is 1. The Labute approximate surface area is 156 Å². The Balaban J connectivity index is 1.71. The first-order valence-electron chi connectivity index (χ1n) is 7.99. The lowest BCUT2D eigenvalue weighted by Gasteiger charge is -2.08. The number of thiazole rings is 1. The van der Waals surface area contributed by atoms with Gasteiger partial charge >= 0.3 is 0 Å². The minimum Gasteiger partial charge on any atom is -0.463 e. The smallest absolute Gasteiger partial charge is 0.294 e. The zero-order valence-corrected chi connectivity index (χ0v) is 14.9. The summed E-state index contributed by atoms with van der Waals surface area (Å²) in [7, 11) is 0. The number of hydrogen-bond donors (Lipinski definition) is 1. The minimum absolute atomic E-state index is 0.244. The number of aryl methyl sites for hydroxylation is 1. The highest BCUT2D eigenvalue weighted by atomic mass is 32.1. The van der Waals surface area contributed by atoms with Crippen molar-refractivity contribution in [2.45, 2.75) is 13.5 Å². The van der Waals surface area contributed by atoms with E-state index in [-0.39, 0.29) is 12.1 Å². The quantitative estimate of drug-likeness (QED) is 0.584. The van der Waals surface area contributed by atoms with Gasteiger partial charge in [-0.3, -0.25) is 9.59 Å². The van der Waals surface area contributed by atoms with Gasteiger partial charge in [0.1, 0.15) is 18.1 Å². The molecule has 0 bridgehead atoms. The van der Waals surface area contributed by atoms with Gasteiger partial charge in [-0.05, 0) is 43.3 Å². The molecule has 0 fully saturated rings. The molecular weight excluding hydrogens is 371 g/mol. The highest BCUT2D eigenvalue weighted by Crippen LogP contribution is 2.29. The summed E-state index contributed by atoms with van der Waals surface area (Å²) >= 11 is 1.34. The van der Waals surface area contributed by atoms with Crippen LogP contribution in [0.25, 0.3) is 21.7 Å². The van der Waals surface area contributed by atoms with Gasteiger partial charge in [-0.25, -0.2) is 14.1 Å². The van der Waals surface area contributed by atoms with Gasteiger partial charge in [0, 0.05) is 5.69 Å². The number of rotatable bonds is 4. The van der Waals surface area contributed by atoms with Gasteiger partial charge in [-0.1, -0.05) is 0 Å². The van der Waals surface area contributed by atoms with Crippen molar-refractivity contribution in [2.24, 2.45) is 0 Å². The summed E-state index contributed by atoms with van der Waals surface area (Å²) in [6, 6.07) is 8.78. The number of halogens is 1. The number of amides is 1. The molecule has 0 saturated heterocycles. The molecule has 27 heavy (non-hydrogen) atoms. The minimum atomic E-state index is -0.465. The lowest BCUT2D eigenvalue weighted by Crippen LogP contribution is -2.30. The normalized spacial score (nSPS) is 11.0. The Hall–Kier alpha value is -3.33. The van der Waals surface area contributed by atoms with E-state index in [2.05, 4.69) is 15.4 Å². The number of nitrogens with zero attached hydrogens (tertiary/aromatic N) is 3. The molecule has 9 heteroatoms. The van der Waals surface area contributed by atoms with Gasteiger partial charge in [0.25, 0.3) is 5.56 Å². The first-order valence-corrected chi connectivity index (χ1v) is 8.80. The number of furan rings is 1. The largest absolute Gasteiger partial charge is 0.463 e. The molecule has 4 rings (SSSR count). The van der Waals surface area contributed by atoms with Crippen molar-refractivity contribution in [2.75, 3.05) is 5.32 Å². The molecule has 7 nitrogen and oxygen atoms in total. The lowest BCUT2D eigenvalue weighted by molar-refractivity contribution is -0.117. The van der Waals surface area contributed by atoms with E-state index in [1.807, 2.05) is 0 Å². The monoisotopic (exact) mass is 384 g/mol. The van der Waals surface area contributed by atoms with Crippen LogP contribution in [0.15, 0.2) is 51.9 Å². The molecular formula is C18H13FN4O3S. The maximum atomic E-state index is 13.0. The third-order valence-corrected chi connectivity index (χ3v) is 4.76. The van der Waals surface area contributed by atoms with Gasteiger partial charge in [0.05, 0.1) is 16.0 Å². The first kappa shape index (κ1) is 17.1. The molecule has 0 radical (unpaired) electrons. The van der Waals surface area contributed by atoms with E-state index in [1.165, 1.54) is 41.9 Å². The van der Waals surface area contributed by atoms with E-state index in [9.17, 15) is 14.0 Å². The first-order chi connectivity index (χ1) is 13.0. The molecule has 1 amide bonds. The molecule has 3 heterocycles. The van der Waals surface area contributed by atoms with E-state index in [1.54, 1.807) is 19.1 Å². The van der Waals surface area contributed by atoms with Gasteiger partial charge in [-0.2, -0.15) is 5.10 Å². The maximum absolute atomic E-state index is 13.0. The number of hydrogen-bond acceptors (Lipinski definition) is 6. The van der Waals surface area contributed by atoms with Crippen LogP contribution >= 0.6 is 11.3 Å². The Kier molecular flexibility index (Phi) is 4.28. The second-order valence-electron chi connectivity index (χ2n) is 5.75. The average molecular weight is 384 g/mol. The van der Waals surface area contributed by atoms with Crippen LogP contribution < -0.4 is 10.9 Å². The van der Waals surface area contributed by atoms with Gasteiger partial charge < -0.3 is 9.73 Å². The average Bonchev–Trinajstić information content (AvgIpc) is 3.29. The molecule has 0 aliphatic carbocycles. The predicted octanol–water partition coefficient (Wildman–Crippen LogP) is 3.20. The van der Waals surface area contributed by atoms with Crippen molar-refractivity contribution in [3.63, 3.8) is 0 Å². The summed E-state index contributed by atoms with van der Waals surface area (Å²) in [4.78, 5) is 29.3. The Bertz CT molecular complexity index is 1180. The third-order valence-electron chi connectivity index (χ3n) is 3.78. The van der Waals surface area contributed by atoms with E-state index in [0.29, 0.717) is 26.8 Å².